The van der Waals surface area contributed by atoms with Gasteiger partial charge in [-0.05, 0) is 31.5 Å². The second-order valence-corrected chi connectivity index (χ2v) is 8.19. The average molecular weight is 311 g/mol. The third-order valence-corrected chi connectivity index (χ3v) is 6.77. The summed E-state index contributed by atoms with van der Waals surface area (Å²) >= 11 is 1.65. The minimum atomic E-state index is -3.31. The van der Waals surface area contributed by atoms with E-state index in [9.17, 15) is 8.42 Å². The zero-order valence-electron chi connectivity index (χ0n) is 11.3. The van der Waals surface area contributed by atoms with Gasteiger partial charge in [-0.1, -0.05) is 6.07 Å². The number of thioether (sulfide) groups is 1. The van der Waals surface area contributed by atoms with Crippen LogP contribution in [0.25, 0.3) is 0 Å². The molecule has 1 aromatic rings. The number of nitrogens with zero attached hydrogens (tertiary/aromatic N) is 1. The Morgan fingerprint density at radius 3 is 2.95 bits per heavy atom. The summed E-state index contributed by atoms with van der Waals surface area (Å²) in [5.74, 6) is 0.646. The number of benzene rings is 1. The maximum atomic E-state index is 12.2. The molecule has 1 fully saturated rings. The van der Waals surface area contributed by atoms with Gasteiger partial charge in [0.25, 0.3) is 0 Å². The van der Waals surface area contributed by atoms with Gasteiger partial charge < -0.3 is 4.74 Å². The van der Waals surface area contributed by atoms with Crippen molar-refractivity contribution in [1.82, 2.24) is 0 Å². The molecule has 2 unspecified atom stereocenters. The lowest BCUT2D eigenvalue weighted by Gasteiger charge is -2.13. The lowest BCUT2D eigenvalue weighted by atomic mass is 10.2. The number of hydrogen-bond donors (Lipinski definition) is 0. The van der Waals surface area contributed by atoms with Gasteiger partial charge in [-0.25, -0.2) is 8.42 Å². The van der Waals surface area contributed by atoms with E-state index in [1.54, 1.807) is 30.0 Å². The van der Waals surface area contributed by atoms with E-state index in [1.807, 2.05) is 13.0 Å². The maximum absolute atomic E-state index is 12.2. The first-order valence-corrected chi connectivity index (χ1v) is 9.19. The zero-order valence-corrected chi connectivity index (χ0v) is 12.9. The summed E-state index contributed by atoms with van der Waals surface area (Å²) in [6.45, 7) is 2.78. The molecule has 1 aliphatic heterocycles. The van der Waals surface area contributed by atoms with Gasteiger partial charge in [0.15, 0.2) is 9.84 Å². The Kier molecular flexibility index (Phi) is 5.08. The predicted octanol–water partition coefficient (Wildman–Crippen LogP) is 2.24. The molecule has 20 heavy (non-hydrogen) atoms. The van der Waals surface area contributed by atoms with Crippen LogP contribution in [0.2, 0.25) is 0 Å². The van der Waals surface area contributed by atoms with E-state index in [-0.39, 0.29) is 16.8 Å². The van der Waals surface area contributed by atoms with Gasteiger partial charge in [-0.3, -0.25) is 0 Å². The molecule has 0 bridgehead atoms. The summed E-state index contributed by atoms with van der Waals surface area (Å²) in [6, 6.07) is 8.14. The molecule has 0 N–H and O–H groups in total. The Hall–Kier alpha value is -1.03. The lowest BCUT2D eigenvalue weighted by Crippen LogP contribution is -2.16. The van der Waals surface area contributed by atoms with Crippen LogP contribution in [0.1, 0.15) is 18.9 Å². The SMILES string of the molecule is CC1OCCC1SCCS(=O)(=O)c1cccc(C#N)c1. The molecule has 0 saturated carbocycles. The van der Waals surface area contributed by atoms with Crippen LogP contribution >= 0.6 is 11.8 Å². The molecule has 0 spiro atoms. The number of rotatable bonds is 5. The summed E-state index contributed by atoms with van der Waals surface area (Å²) in [5.41, 5.74) is 0.372. The summed E-state index contributed by atoms with van der Waals surface area (Å²) in [5, 5.41) is 9.20. The second kappa shape index (κ2) is 6.61. The Labute approximate surface area is 124 Å². The third-order valence-electron chi connectivity index (χ3n) is 3.31. The van der Waals surface area contributed by atoms with E-state index in [1.165, 1.54) is 6.07 Å². The van der Waals surface area contributed by atoms with E-state index < -0.39 is 9.84 Å². The molecule has 108 valence electrons. The van der Waals surface area contributed by atoms with Crippen LogP contribution in [0.15, 0.2) is 29.2 Å². The minimum absolute atomic E-state index is 0.0930. The van der Waals surface area contributed by atoms with E-state index in [2.05, 4.69) is 0 Å². The largest absolute Gasteiger partial charge is 0.377 e. The molecule has 0 amide bonds. The molecular weight excluding hydrogens is 294 g/mol. The zero-order chi connectivity index (χ0) is 14.6. The highest BCUT2D eigenvalue weighted by Gasteiger charge is 2.25. The molecule has 1 aliphatic rings. The molecule has 2 atom stereocenters. The fourth-order valence-electron chi connectivity index (χ4n) is 2.12. The van der Waals surface area contributed by atoms with Gasteiger partial charge in [-0.2, -0.15) is 17.0 Å². The molecule has 1 saturated heterocycles. The third kappa shape index (κ3) is 3.75. The highest BCUT2D eigenvalue weighted by molar-refractivity contribution is 8.01. The predicted molar refractivity (Wildman–Crippen MR) is 79.5 cm³/mol. The normalized spacial score (nSPS) is 22.6. The first-order chi connectivity index (χ1) is 9.53. The summed E-state index contributed by atoms with van der Waals surface area (Å²) < 4.78 is 29.9. The van der Waals surface area contributed by atoms with Gasteiger partial charge in [-0.15, -0.1) is 0 Å². The van der Waals surface area contributed by atoms with E-state index >= 15 is 0 Å². The fraction of sp³-hybridized carbons (Fsp3) is 0.500. The quantitative estimate of drug-likeness (QED) is 0.834. The fourth-order valence-corrected chi connectivity index (χ4v) is 5.12. The monoisotopic (exact) mass is 311 g/mol. The molecule has 4 nitrogen and oxygen atoms in total. The molecule has 0 radical (unpaired) electrons. The smallest absolute Gasteiger partial charge is 0.179 e. The Balaban J connectivity index is 1.95. The van der Waals surface area contributed by atoms with Crippen molar-refractivity contribution in [2.75, 3.05) is 18.1 Å². The van der Waals surface area contributed by atoms with Gasteiger partial charge in [0.05, 0.1) is 28.4 Å². The molecule has 2 rings (SSSR count). The van der Waals surface area contributed by atoms with Crippen molar-refractivity contribution < 1.29 is 13.2 Å². The summed E-state index contributed by atoms with van der Waals surface area (Å²) in [7, 11) is -3.31. The van der Waals surface area contributed by atoms with Crippen LogP contribution in [0.3, 0.4) is 0 Å². The first-order valence-electron chi connectivity index (χ1n) is 6.49. The van der Waals surface area contributed by atoms with Crippen LogP contribution in [0.5, 0.6) is 0 Å². The summed E-state index contributed by atoms with van der Waals surface area (Å²) in [4.78, 5) is 0.230. The number of ether oxygens (including phenoxy) is 1. The van der Waals surface area contributed by atoms with Crippen molar-refractivity contribution >= 4 is 21.6 Å². The van der Waals surface area contributed by atoms with Crippen LogP contribution in [0.4, 0.5) is 0 Å². The minimum Gasteiger partial charge on any atom is -0.377 e. The molecule has 1 aromatic carbocycles. The molecular formula is C14H17NO3S2. The average Bonchev–Trinajstić information content (AvgIpc) is 2.84. The van der Waals surface area contributed by atoms with Crippen molar-refractivity contribution in [3.8, 4) is 6.07 Å². The van der Waals surface area contributed by atoms with Gasteiger partial charge in [0.2, 0.25) is 0 Å². The highest BCUT2D eigenvalue weighted by Crippen LogP contribution is 2.26. The maximum Gasteiger partial charge on any atom is 0.179 e. The van der Waals surface area contributed by atoms with E-state index in [4.69, 9.17) is 10.00 Å². The molecule has 1 heterocycles. The second-order valence-electron chi connectivity index (χ2n) is 4.73. The van der Waals surface area contributed by atoms with Crippen molar-refractivity contribution in [2.24, 2.45) is 0 Å². The molecule has 6 heteroatoms. The topological polar surface area (TPSA) is 67.2 Å². The molecule has 0 aromatic heterocycles. The van der Waals surface area contributed by atoms with E-state index in [0.717, 1.165) is 13.0 Å². The van der Waals surface area contributed by atoms with Gasteiger partial charge in [0.1, 0.15) is 0 Å². The van der Waals surface area contributed by atoms with Crippen molar-refractivity contribution in [2.45, 2.75) is 29.6 Å². The first kappa shape index (κ1) is 15.4. The van der Waals surface area contributed by atoms with E-state index in [0.29, 0.717) is 16.6 Å². The number of hydrogen-bond acceptors (Lipinski definition) is 5. The number of sulfone groups is 1. The van der Waals surface area contributed by atoms with Crippen LogP contribution in [-0.4, -0.2) is 37.9 Å². The van der Waals surface area contributed by atoms with Gasteiger partial charge in [0, 0.05) is 17.6 Å². The Morgan fingerprint density at radius 1 is 1.50 bits per heavy atom. The molecule has 0 aliphatic carbocycles. The highest BCUT2D eigenvalue weighted by atomic mass is 32.2. The van der Waals surface area contributed by atoms with Crippen molar-refractivity contribution in [1.29, 1.82) is 5.26 Å². The Bertz CT molecular complexity index is 607. The standard InChI is InChI=1S/C14H17NO3S2/c1-11-14(5-6-18-11)19-7-8-20(16,17)13-4-2-3-12(9-13)10-15/h2-4,9,11,14H,5-8H2,1H3. The summed E-state index contributed by atoms with van der Waals surface area (Å²) in [6.07, 6.45) is 1.18. The van der Waals surface area contributed by atoms with Gasteiger partial charge >= 0.3 is 0 Å². The van der Waals surface area contributed by atoms with Crippen molar-refractivity contribution in [3.05, 3.63) is 29.8 Å². The van der Waals surface area contributed by atoms with Crippen LogP contribution < -0.4 is 0 Å². The number of nitriles is 1. The van der Waals surface area contributed by atoms with Crippen LogP contribution in [-0.2, 0) is 14.6 Å². The van der Waals surface area contributed by atoms with Crippen LogP contribution in [0, 0.1) is 11.3 Å². The lowest BCUT2D eigenvalue weighted by molar-refractivity contribution is 0.127. The Morgan fingerprint density at radius 2 is 2.30 bits per heavy atom. The van der Waals surface area contributed by atoms with Crippen molar-refractivity contribution in [3.63, 3.8) is 0 Å².